The monoisotopic (exact) mass is 1300 g/mol. The van der Waals surface area contributed by atoms with E-state index in [1.54, 1.807) is 32.1 Å². The van der Waals surface area contributed by atoms with E-state index in [4.69, 9.17) is 37.3 Å². The van der Waals surface area contributed by atoms with Gasteiger partial charge in [-0.2, -0.15) is 0 Å². The van der Waals surface area contributed by atoms with Gasteiger partial charge in [0.2, 0.25) is 0 Å². The smallest absolute Gasteiger partial charge is 0.309 e. The van der Waals surface area contributed by atoms with Crippen molar-refractivity contribution in [3.8, 4) is 0 Å². The Balaban J connectivity index is 0.000000493. The lowest BCUT2D eigenvalue weighted by Crippen LogP contribution is -2.46. The van der Waals surface area contributed by atoms with Gasteiger partial charge in [0.05, 0.1) is 55.6 Å². The van der Waals surface area contributed by atoms with Gasteiger partial charge in [0.25, 0.3) is 0 Å². The van der Waals surface area contributed by atoms with Crippen LogP contribution in [-0.4, -0.2) is 145 Å². The molecular weight excluding hydrogens is 1180 g/mol. The highest BCUT2D eigenvalue weighted by atomic mass is 28.4. The van der Waals surface area contributed by atoms with Crippen LogP contribution >= 0.6 is 0 Å². The van der Waals surface area contributed by atoms with Gasteiger partial charge < -0.3 is 57.7 Å². The van der Waals surface area contributed by atoms with Gasteiger partial charge in [-0.05, 0) is 150 Å². The number of hydrogen-bond acceptors (Lipinski definition) is 16. The zero-order chi connectivity index (χ0) is 68.7. The first-order valence-corrected chi connectivity index (χ1v) is 39.5. The summed E-state index contributed by atoms with van der Waals surface area (Å²) in [5, 5.41) is 43.0. The second-order valence-electron chi connectivity index (χ2n) is 30.5. The van der Waals surface area contributed by atoms with E-state index in [1.807, 2.05) is 71.9 Å². The Labute approximate surface area is 545 Å². The normalized spacial score (nSPS) is 33.4. The molecule has 0 amide bonds. The number of hydrogen-bond donors (Lipinski definition) is 4. The lowest BCUT2D eigenvalue weighted by molar-refractivity contribution is -0.158. The minimum atomic E-state index is -2.25. The lowest BCUT2D eigenvalue weighted by Gasteiger charge is -2.40. The molecule has 0 spiro atoms. The molecule has 0 radical (unpaired) electrons. The lowest BCUT2D eigenvalue weighted by atomic mass is 9.88. The van der Waals surface area contributed by atoms with Crippen molar-refractivity contribution in [1.29, 1.82) is 0 Å². The highest BCUT2D eigenvalue weighted by molar-refractivity contribution is 6.74. The number of epoxide rings is 2. The summed E-state index contributed by atoms with van der Waals surface area (Å²) in [6.45, 7) is 48.7. The number of aliphatic hydroxyl groups is 4. The van der Waals surface area contributed by atoms with Crippen LogP contribution in [0.25, 0.3) is 0 Å². The van der Waals surface area contributed by atoms with Crippen molar-refractivity contribution in [1.82, 2.24) is 0 Å². The van der Waals surface area contributed by atoms with Gasteiger partial charge in [-0.3, -0.25) is 19.2 Å². The standard InChI is InChI=1S/C42H76O8Si2.C30H48O8/c1-18-34(50-52(16,17)41(10,11)12)31(5)39-35(47-39)26-28(2)20-19-21-29(3)38-30(4)22-23-36(46-32(6)43)42(13,45)25-24-33(27-37(44)48-38)49-51(14,15)40(7,8)9;1-8-24(33)21(5)29-25(37-29)16-18(2)10-9-11-19(3)28-20(4)12-13-26(36-22(6)31)30(7,35)15-14-23(32)17-27(34)38-28/h19-23,28,30-31,33-36,38-39,45H,18,24-27H2,1-17H3;9-13,18,20-21,23-26,28-29,32-33,35H,8,14-17H2,1-7H3/b20-19+,23-22+,29-21+;10-9+,13-12+,19-11+/t28-,30+,31-,33-,34-,35-,36+,38-,39-,42-;18-,20+,21-,23-,24+,25-,26+,28-,29-,30-/m11/s1. The molecule has 4 aliphatic rings. The Morgan fingerprint density at radius 2 is 1.07 bits per heavy atom. The van der Waals surface area contributed by atoms with Crippen molar-refractivity contribution in [3.63, 3.8) is 0 Å². The van der Waals surface area contributed by atoms with E-state index in [1.165, 1.54) is 13.8 Å². The van der Waals surface area contributed by atoms with Crippen molar-refractivity contribution < 1.29 is 76.9 Å². The number of aliphatic hydroxyl groups excluding tert-OH is 2. The van der Waals surface area contributed by atoms with Crippen LogP contribution in [0, 0.1) is 35.5 Å². The molecule has 516 valence electrons. The number of rotatable bonds is 22. The van der Waals surface area contributed by atoms with E-state index < -0.39 is 82.4 Å². The Bertz CT molecular complexity index is 2480. The first-order chi connectivity index (χ1) is 41.4. The number of allylic oxidation sites excluding steroid dienone is 6. The van der Waals surface area contributed by atoms with Crippen LogP contribution in [-0.2, 0) is 56.5 Å². The number of carbonyl (C=O) groups excluding carboxylic acids is 4. The van der Waals surface area contributed by atoms with Crippen LogP contribution < -0.4 is 0 Å². The summed E-state index contributed by atoms with van der Waals surface area (Å²) in [6.07, 6.45) is 19.8. The molecule has 0 bridgehead atoms. The highest BCUT2D eigenvalue weighted by Crippen LogP contribution is 2.44. The van der Waals surface area contributed by atoms with Gasteiger partial charge in [-0.25, -0.2) is 0 Å². The maximum atomic E-state index is 13.6. The first-order valence-electron chi connectivity index (χ1n) is 33.6. The largest absolute Gasteiger partial charge is 0.457 e. The van der Waals surface area contributed by atoms with Gasteiger partial charge in [-0.15, -0.1) is 0 Å². The molecule has 16 nitrogen and oxygen atoms in total. The molecule has 0 unspecified atom stereocenters. The van der Waals surface area contributed by atoms with Gasteiger partial charge in [0.1, 0.15) is 35.6 Å². The molecule has 0 aromatic heterocycles. The average molecular weight is 1300 g/mol. The third-order valence-electron chi connectivity index (χ3n) is 19.7. The predicted molar refractivity (Wildman–Crippen MR) is 362 cm³/mol. The second kappa shape index (κ2) is 34.7. The third kappa shape index (κ3) is 26.0. The van der Waals surface area contributed by atoms with Crippen molar-refractivity contribution in [2.24, 2.45) is 35.5 Å². The van der Waals surface area contributed by atoms with Crippen molar-refractivity contribution >= 4 is 40.5 Å². The molecule has 4 heterocycles. The summed E-state index contributed by atoms with van der Waals surface area (Å²) >= 11 is 0. The number of esters is 4. The van der Waals surface area contributed by atoms with Crippen LogP contribution in [0.3, 0.4) is 0 Å². The van der Waals surface area contributed by atoms with E-state index in [9.17, 15) is 39.6 Å². The summed E-state index contributed by atoms with van der Waals surface area (Å²) in [7, 11) is -4.12. The Morgan fingerprint density at radius 1 is 0.656 bits per heavy atom. The molecule has 4 rings (SSSR count). The van der Waals surface area contributed by atoms with Crippen LogP contribution in [0.2, 0.25) is 36.3 Å². The molecule has 4 aliphatic heterocycles. The summed E-state index contributed by atoms with van der Waals surface area (Å²) in [5.41, 5.74) is -1.04. The molecular formula is C72H124O16Si2. The predicted octanol–water partition coefficient (Wildman–Crippen LogP) is 14.1. The fourth-order valence-electron chi connectivity index (χ4n) is 11.4. The molecule has 18 heteroatoms. The first kappa shape index (κ1) is 80.7. The maximum Gasteiger partial charge on any atom is 0.309 e. The summed E-state index contributed by atoms with van der Waals surface area (Å²) in [6, 6.07) is 0. The molecule has 0 saturated carbocycles. The average Bonchev–Trinajstić information content (AvgIpc) is 1.74. The van der Waals surface area contributed by atoms with Crippen molar-refractivity contribution in [2.75, 3.05) is 0 Å². The van der Waals surface area contributed by atoms with E-state index >= 15 is 0 Å². The summed E-state index contributed by atoms with van der Waals surface area (Å²) in [5.74, 6) is -1.34. The molecule has 2 fully saturated rings. The molecule has 20 atom stereocenters. The fraction of sp³-hybridized carbons (Fsp3) is 0.778. The molecule has 0 aliphatic carbocycles. The van der Waals surface area contributed by atoms with Crippen LogP contribution in [0.4, 0.5) is 0 Å². The van der Waals surface area contributed by atoms with E-state index in [0.29, 0.717) is 18.3 Å². The SMILES string of the molecule is CC[C@@H](O[Si](C)(C)C(C)(C)C)[C@@H](C)[C@H]1O[C@@H]1C[C@H](C)/C=C/C=C(\C)[C@H]1OC(=O)C[C@H](O[Si](C)(C)C(C)(C)C)CC[C@@](C)(O)[C@@H](OC(C)=O)/C=C/[C@@H]1C.CC[C@H](O)[C@@H](C)[C@H]1O[C@@H]1C[C@H](C)/C=C/C=C(\C)[C@H]1OC(=O)C[C@H](O)CC[C@@](C)(O)[C@@H](OC(C)=O)/C=C/[C@@H]1C. The number of cyclic esters (lactones) is 2. The van der Waals surface area contributed by atoms with Gasteiger partial charge in [-0.1, -0.05) is 146 Å². The highest BCUT2D eigenvalue weighted by Gasteiger charge is 2.49. The van der Waals surface area contributed by atoms with Gasteiger partial charge >= 0.3 is 23.9 Å². The summed E-state index contributed by atoms with van der Waals surface area (Å²) in [4.78, 5) is 49.9. The quantitative estimate of drug-likeness (QED) is 0.0197. The van der Waals surface area contributed by atoms with Crippen molar-refractivity contribution in [2.45, 2.75) is 323 Å². The molecule has 2 saturated heterocycles. The number of ether oxygens (including phenoxy) is 6. The Hall–Kier alpha value is -3.57. The summed E-state index contributed by atoms with van der Waals surface area (Å²) < 4.78 is 48.5. The molecule has 0 aromatic carbocycles. The van der Waals surface area contributed by atoms with E-state index in [-0.39, 0.29) is 108 Å². The second-order valence-corrected chi connectivity index (χ2v) is 40.0. The molecule has 90 heavy (non-hydrogen) atoms. The molecule has 0 aromatic rings. The Kier molecular flexibility index (Phi) is 31.1. The zero-order valence-corrected chi connectivity index (χ0v) is 61.9. The molecule has 4 N–H and O–H groups in total. The van der Waals surface area contributed by atoms with E-state index in [0.717, 1.165) is 36.8 Å². The number of carbonyl (C=O) groups is 4. The van der Waals surface area contributed by atoms with Crippen molar-refractivity contribution in [3.05, 3.63) is 71.9 Å². The van der Waals surface area contributed by atoms with Crippen LogP contribution in [0.1, 0.15) is 203 Å². The van der Waals surface area contributed by atoms with Crippen LogP contribution in [0.15, 0.2) is 71.9 Å². The topological polar surface area (TPSA) is 230 Å². The maximum absolute atomic E-state index is 13.6. The third-order valence-corrected chi connectivity index (χ3v) is 28.8. The minimum absolute atomic E-state index is 0.0617. The van der Waals surface area contributed by atoms with Crippen LogP contribution in [0.5, 0.6) is 0 Å². The Morgan fingerprint density at radius 3 is 1.47 bits per heavy atom. The van der Waals surface area contributed by atoms with Gasteiger partial charge in [0, 0.05) is 43.6 Å². The minimum Gasteiger partial charge on any atom is -0.457 e. The van der Waals surface area contributed by atoms with Gasteiger partial charge in [0.15, 0.2) is 16.6 Å². The fourth-order valence-corrected chi connectivity index (χ4v) is 14.2. The van der Waals surface area contributed by atoms with E-state index in [2.05, 4.69) is 108 Å². The zero-order valence-electron chi connectivity index (χ0n) is 59.9.